The molecular formula is C16H21NO3. The van der Waals surface area contributed by atoms with Crippen LogP contribution >= 0.6 is 0 Å². The van der Waals surface area contributed by atoms with Crippen LogP contribution in [0.15, 0.2) is 47.7 Å². The average Bonchev–Trinajstić information content (AvgIpc) is 2.42. The molecule has 0 aliphatic rings. The van der Waals surface area contributed by atoms with Gasteiger partial charge in [-0.05, 0) is 26.8 Å². The maximum absolute atomic E-state index is 11.8. The standard InChI is InChI=1S/C16H21NO3/c1-6-11(2)7-8-12(3)16(20)17-15(10-18)9-13(4)14(5)19/h6-10,13H,1H2,2-5H3,(H,17,20)/b11-7-,12-8?,15-9+. The van der Waals surface area contributed by atoms with Crippen LogP contribution in [0, 0.1) is 5.92 Å². The van der Waals surface area contributed by atoms with E-state index in [1.54, 1.807) is 32.1 Å². The number of rotatable bonds is 7. The Morgan fingerprint density at radius 3 is 2.20 bits per heavy atom. The highest BCUT2D eigenvalue weighted by atomic mass is 16.2. The van der Waals surface area contributed by atoms with E-state index in [0.717, 1.165) is 5.57 Å². The molecule has 1 N–H and O–H groups in total. The van der Waals surface area contributed by atoms with E-state index >= 15 is 0 Å². The summed E-state index contributed by atoms with van der Waals surface area (Å²) in [7, 11) is 0. The summed E-state index contributed by atoms with van der Waals surface area (Å²) in [5.74, 6) is -0.870. The normalized spacial score (nSPS) is 14.5. The molecule has 1 unspecified atom stereocenters. The number of hydrogen-bond donors (Lipinski definition) is 1. The van der Waals surface area contributed by atoms with Crippen LogP contribution in [0.25, 0.3) is 0 Å². The summed E-state index contributed by atoms with van der Waals surface area (Å²) < 4.78 is 0. The number of amides is 1. The SMILES string of the molecule is C=C/C(C)=C\C=C(C)C(=O)N/C(C=O)=C/C(C)C(C)=O. The third-order valence-electron chi connectivity index (χ3n) is 2.73. The Kier molecular flexibility index (Phi) is 7.82. The highest BCUT2D eigenvalue weighted by molar-refractivity contribution is 5.97. The molecule has 0 bridgehead atoms. The van der Waals surface area contributed by atoms with Crippen LogP contribution < -0.4 is 5.32 Å². The number of ketones is 1. The number of nitrogens with one attached hydrogen (secondary N) is 1. The molecule has 0 aromatic heterocycles. The highest BCUT2D eigenvalue weighted by Gasteiger charge is 2.09. The van der Waals surface area contributed by atoms with Gasteiger partial charge in [-0.1, -0.05) is 37.3 Å². The number of carbonyl (C=O) groups is 3. The van der Waals surface area contributed by atoms with Gasteiger partial charge in [-0.2, -0.15) is 0 Å². The zero-order valence-electron chi connectivity index (χ0n) is 12.4. The minimum atomic E-state index is -0.414. The van der Waals surface area contributed by atoms with Gasteiger partial charge in [-0.3, -0.25) is 14.4 Å². The summed E-state index contributed by atoms with van der Waals surface area (Å²) >= 11 is 0. The van der Waals surface area contributed by atoms with Gasteiger partial charge in [0.25, 0.3) is 5.91 Å². The van der Waals surface area contributed by atoms with E-state index in [-0.39, 0.29) is 17.4 Å². The van der Waals surface area contributed by atoms with Crippen molar-refractivity contribution < 1.29 is 14.4 Å². The first-order valence-electron chi connectivity index (χ1n) is 6.28. The third kappa shape index (κ3) is 6.64. The third-order valence-corrected chi connectivity index (χ3v) is 2.73. The van der Waals surface area contributed by atoms with Crippen LogP contribution in [0.4, 0.5) is 0 Å². The maximum Gasteiger partial charge on any atom is 0.251 e. The topological polar surface area (TPSA) is 63.2 Å². The van der Waals surface area contributed by atoms with Crippen molar-refractivity contribution in [2.24, 2.45) is 5.92 Å². The summed E-state index contributed by atoms with van der Waals surface area (Å²) in [5.41, 5.74) is 1.47. The second-order valence-corrected chi connectivity index (χ2v) is 4.56. The molecule has 4 heteroatoms. The van der Waals surface area contributed by atoms with Gasteiger partial charge >= 0.3 is 0 Å². The Morgan fingerprint density at radius 2 is 1.75 bits per heavy atom. The van der Waals surface area contributed by atoms with Crippen molar-refractivity contribution in [1.82, 2.24) is 5.32 Å². The van der Waals surface area contributed by atoms with E-state index in [9.17, 15) is 14.4 Å². The molecule has 0 aromatic rings. The van der Waals surface area contributed by atoms with Gasteiger partial charge in [-0.15, -0.1) is 0 Å². The first-order chi connectivity index (χ1) is 9.31. The van der Waals surface area contributed by atoms with E-state index in [2.05, 4.69) is 11.9 Å². The van der Waals surface area contributed by atoms with Crippen LogP contribution in [-0.4, -0.2) is 18.0 Å². The smallest absolute Gasteiger partial charge is 0.251 e. The molecule has 0 spiro atoms. The van der Waals surface area contributed by atoms with Crippen molar-refractivity contribution in [2.75, 3.05) is 0 Å². The quantitative estimate of drug-likeness (QED) is 0.441. The molecule has 108 valence electrons. The number of allylic oxidation sites excluding steroid dienone is 6. The molecular weight excluding hydrogens is 254 g/mol. The number of carbonyl (C=O) groups excluding carboxylic acids is 3. The van der Waals surface area contributed by atoms with Crippen LogP contribution in [0.3, 0.4) is 0 Å². The molecule has 1 atom stereocenters. The highest BCUT2D eigenvalue weighted by Crippen LogP contribution is 2.03. The van der Waals surface area contributed by atoms with E-state index in [1.807, 2.05) is 6.92 Å². The van der Waals surface area contributed by atoms with Crippen molar-refractivity contribution in [3.8, 4) is 0 Å². The summed E-state index contributed by atoms with van der Waals surface area (Å²) in [6.07, 6.45) is 7.03. The molecule has 4 nitrogen and oxygen atoms in total. The fourth-order valence-corrected chi connectivity index (χ4v) is 1.13. The van der Waals surface area contributed by atoms with E-state index in [0.29, 0.717) is 11.9 Å². The summed E-state index contributed by atoms with van der Waals surface area (Å²) in [5, 5.41) is 2.47. The van der Waals surface area contributed by atoms with Crippen molar-refractivity contribution in [2.45, 2.75) is 27.7 Å². The Balaban J connectivity index is 4.92. The lowest BCUT2D eigenvalue weighted by atomic mass is 10.1. The molecule has 0 saturated heterocycles. The molecule has 0 heterocycles. The van der Waals surface area contributed by atoms with E-state index in [1.165, 1.54) is 13.0 Å². The van der Waals surface area contributed by atoms with Gasteiger partial charge < -0.3 is 5.32 Å². The minimum absolute atomic E-state index is 0.0737. The van der Waals surface area contributed by atoms with Crippen LogP contribution in [-0.2, 0) is 14.4 Å². The molecule has 0 rings (SSSR count). The van der Waals surface area contributed by atoms with Crippen LogP contribution in [0.5, 0.6) is 0 Å². The zero-order chi connectivity index (χ0) is 15.7. The Hall–Kier alpha value is -2.23. The minimum Gasteiger partial charge on any atom is -0.320 e. The number of hydrogen-bond acceptors (Lipinski definition) is 3. The van der Waals surface area contributed by atoms with E-state index in [4.69, 9.17) is 0 Å². The molecule has 0 saturated carbocycles. The van der Waals surface area contributed by atoms with Crippen LogP contribution in [0.1, 0.15) is 27.7 Å². The lowest BCUT2D eigenvalue weighted by molar-refractivity contribution is -0.119. The molecule has 1 amide bonds. The first kappa shape index (κ1) is 17.8. The molecule has 0 aliphatic carbocycles. The second-order valence-electron chi connectivity index (χ2n) is 4.56. The van der Waals surface area contributed by atoms with Crippen molar-refractivity contribution in [3.63, 3.8) is 0 Å². The zero-order valence-corrected chi connectivity index (χ0v) is 12.4. The second kappa shape index (κ2) is 8.80. The molecule has 20 heavy (non-hydrogen) atoms. The van der Waals surface area contributed by atoms with Crippen molar-refractivity contribution >= 4 is 18.0 Å². The predicted octanol–water partition coefficient (Wildman–Crippen LogP) is 2.49. The lowest BCUT2D eigenvalue weighted by Crippen LogP contribution is -2.25. The van der Waals surface area contributed by atoms with Gasteiger partial charge in [0.15, 0.2) is 6.29 Å². The maximum atomic E-state index is 11.8. The predicted molar refractivity (Wildman–Crippen MR) is 79.8 cm³/mol. The summed E-state index contributed by atoms with van der Waals surface area (Å²) in [4.78, 5) is 33.9. The van der Waals surface area contributed by atoms with Gasteiger partial charge in [0, 0.05) is 11.5 Å². The van der Waals surface area contributed by atoms with Gasteiger partial charge in [0.05, 0.1) is 5.70 Å². The first-order valence-corrected chi connectivity index (χ1v) is 6.28. The summed E-state index contributed by atoms with van der Waals surface area (Å²) in [6, 6.07) is 0. The Labute approximate surface area is 119 Å². The van der Waals surface area contributed by atoms with E-state index < -0.39 is 5.92 Å². The number of Topliss-reactive ketones (excluding diaryl/α,β-unsaturated/α-hetero) is 1. The molecule has 0 aliphatic heterocycles. The summed E-state index contributed by atoms with van der Waals surface area (Å²) in [6.45, 7) is 10.2. The molecule has 0 radical (unpaired) electrons. The van der Waals surface area contributed by atoms with Gasteiger partial charge in [0.1, 0.15) is 5.78 Å². The van der Waals surface area contributed by atoms with Gasteiger partial charge in [-0.25, -0.2) is 0 Å². The fraction of sp³-hybridized carbons (Fsp3) is 0.312. The monoisotopic (exact) mass is 275 g/mol. The molecule has 0 aromatic carbocycles. The largest absolute Gasteiger partial charge is 0.320 e. The van der Waals surface area contributed by atoms with Gasteiger partial charge in [0.2, 0.25) is 0 Å². The van der Waals surface area contributed by atoms with Crippen LogP contribution in [0.2, 0.25) is 0 Å². The van der Waals surface area contributed by atoms with Crippen molar-refractivity contribution in [1.29, 1.82) is 0 Å². The Bertz CT molecular complexity index is 496. The van der Waals surface area contributed by atoms with Crippen molar-refractivity contribution in [3.05, 3.63) is 47.7 Å². The fourth-order valence-electron chi connectivity index (χ4n) is 1.13. The molecule has 0 fully saturated rings. The number of aldehydes is 1. The lowest BCUT2D eigenvalue weighted by Gasteiger charge is -2.06. The average molecular weight is 275 g/mol. The Morgan fingerprint density at radius 1 is 1.15 bits per heavy atom.